The van der Waals surface area contributed by atoms with Crippen LogP contribution < -0.4 is 0 Å². The molecule has 2 aliphatic carbocycles. The fraction of sp³-hybridized carbons (Fsp3) is 0.375. The van der Waals surface area contributed by atoms with Gasteiger partial charge in [0, 0.05) is 18.4 Å². The van der Waals surface area contributed by atoms with Gasteiger partial charge in [-0.2, -0.15) is 0 Å². The van der Waals surface area contributed by atoms with E-state index in [0.717, 1.165) is 45.4 Å². The third kappa shape index (κ3) is 10.7. The van der Waals surface area contributed by atoms with Crippen LogP contribution in [0.5, 0.6) is 0 Å². The number of hydrogen-bond donors (Lipinski definition) is 0. The second-order valence-electron chi connectivity index (χ2n) is 13.1. The van der Waals surface area contributed by atoms with Gasteiger partial charge in [-0.25, -0.2) is 0 Å². The zero-order chi connectivity index (χ0) is 32.4. The largest absolute Gasteiger partial charge is 0.295 e. The maximum absolute atomic E-state index is 12.2. The van der Waals surface area contributed by atoms with Crippen LogP contribution in [0.4, 0.5) is 0 Å². The van der Waals surface area contributed by atoms with E-state index in [2.05, 4.69) is 83.2 Å². The van der Waals surface area contributed by atoms with Crippen LogP contribution in [-0.4, -0.2) is 17.3 Å². The Morgan fingerprint density at radius 3 is 1.47 bits per heavy atom. The van der Waals surface area contributed by atoms with E-state index in [9.17, 15) is 14.4 Å². The first-order valence-electron chi connectivity index (χ1n) is 15.2. The fourth-order valence-corrected chi connectivity index (χ4v) is 5.29. The van der Waals surface area contributed by atoms with Crippen molar-refractivity contribution in [2.45, 2.75) is 88.5 Å². The third-order valence-electron chi connectivity index (χ3n) is 8.15. The molecule has 0 radical (unpaired) electrons. The molecular weight excluding hydrogens is 528 g/mol. The number of carbonyl (C=O) groups is 3. The highest BCUT2D eigenvalue weighted by molar-refractivity contribution is 6.44. The lowest BCUT2D eigenvalue weighted by Gasteiger charge is -2.32. The number of hydrogen-bond acceptors (Lipinski definition) is 3. The first-order chi connectivity index (χ1) is 20.0. The predicted octanol–water partition coefficient (Wildman–Crippen LogP) is 10.1. The summed E-state index contributed by atoms with van der Waals surface area (Å²) in [4.78, 5) is 36.2. The smallest absolute Gasteiger partial charge is 0.224 e. The monoisotopic (exact) mass is 578 g/mol. The summed E-state index contributed by atoms with van der Waals surface area (Å²) >= 11 is 0. The highest BCUT2D eigenvalue weighted by atomic mass is 16.2. The molecule has 2 aliphatic rings. The SMILES string of the molecule is CC(C=CC=C(C)C=CC1=C(C)C(=O)CCC1(C)C)=CC=CC=C(C)C=CC=C(C)C=CC1=C(C)C(=O)C(=O)CC1(C)C. The zero-order valence-electron chi connectivity index (χ0n) is 27.9. The maximum Gasteiger partial charge on any atom is 0.224 e. The Morgan fingerprint density at radius 1 is 0.558 bits per heavy atom. The van der Waals surface area contributed by atoms with Crippen molar-refractivity contribution in [2.24, 2.45) is 10.8 Å². The van der Waals surface area contributed by atoms with E-state index in [4.69, 9.17) is 0 Å². The van der Waals surface area contributed by atoms with Gasteiger partial charge >= 0.3 is 0 Å². The zero-order valence-corrected chi connectivity index (χ0v) is 27.9. The normalized spacial score (nSPS) is 21.4. The lowest BCUT2D eigenvalue weighted by molar-refractivity contribution is -0.136. The van der Waals surface area contributed by atoms with Gasteiger partial charge in [0.25, 0.3) is 0 Å². The van der Waals surface area contributed by atoms with Crippen LogP contribution in [0.25, 0.3) is 0 Å². The Balaban J connectivity index is 1.94. The average molecular weight is 579 g/mol. The van der Waals surface area contributed by atoms with Crippen molar-refractivity contribution in [2.75, 3.05) is 0 Å². The van der Waals surface area contributed by atoms with Crippen LogP contribution in [0.15, 0.2) is 130 Å². The molecule has 0 aromatic carbocycles. The lowest BCUT2D eigenvalue weighted by Crippen LogP contribution is -2.32. The molecule has 0 heterocycles. The lowest BCUT2D eigenvalue weighted by atomic mass is 9.71. The van der Waals surface area contributed by atoms with Crippen molar-refractivity contribution in [1.29, 1.82) is 0 Å². The Kier molecular flexibility index (Phi) is 12.8. The standard InChI is InChI=1S/C40H50O3/c1-28(17-13-19-30(3)21-23-34-32(5)36(41)25-26-39(34,7)8)15-11-12-16-29(2)18-14-20-31(4)22-24-35-33(6)38(43)37(42)27-40(35,9)10/h11-24H,25-27H2,1-10H3. The van der Waals surface area contributed by atoms with Crippen LogP contribution >= 0.6 is 0 Å². The summed E-state index contributed by atoms with van der Waals surface area (Å²) in [5.41, 5.74) is 7.69. The van der Waals surface area contributed by atoms with E-state index in [1.165, 1.54) is 0 Å². The molecule has 0 atom stereocenters. The molecule has 0 spiro atoms. The molecule has 43 heavy (non-hydrogen) atoms. The Labute approximate surface area is 260 Å². The Hall–Kier alpha value is -3.85. The second kappa shape index (κ2) is 15.6. The summed E-state index contributed by atoms with van der Waals surface area (Å²) < 4.78 is 0. The van der Waals surface area contributed by atoms with Crippen molar-refractivity contribution in [3.05, 3.63) is 130 Å². The molecule has 0 bridgehead atoms. The molecule has 0 fully saturated rings. The first kappa shape index (κ1) is 35.3. The van der Waals surface area contributed by atoms with E-state index < -0.39 is 0 Å². The average Bonchev–Trinajstić information content (AvgIpc) is 2.91. The quantitative estimate of drug-likeness (QED) is 0.191. The molecule has 3 nitrogen and oxygen atoms in total. The van der Waals surface area contributed by atoms with Crippen molar-refractivity contribution >= 4 is 17.3 Å². The summed E-state index contributed by atoms with van der Waals surface area (Å²) in [6.07, 6.45) is 30.5. The van der Waals surface area contributed by atoms with Gasteiger partial charge in [0.1, 0.15) is 0 Å². The molecule has 0 unspecified atom stereocenters. The van der Waals surface area contributed by atoms with Gasteiger partial charge < -0.3 is 0 Å². The van der Waals surface area contributed by atoms with Crippen molar-refractivity contribution in [3.8, 4) is 0 Å². The van der Waals surface area contributed by atoms with Crippen LogP contribution in [0, 0.1) is 10.8 Å². The molecule has 0 saturated carbocycles. The van der Waals surface area contributed by atoms with Gasteiger partial charge in [0.05, 0.1) is 0 Å². The molecule has 228 valence electrons. The molecule has 0 N–H and O–H groups in total. The summed E-state index contributed by atoms with van der Waals surface area (Å²) in [5.74, 6) is -0.399. The highest BCUT2D eigenvalue weighted by Crippen LogP contribution is 2.40. The van der Waals surface area contributed by atoms with Gasteiger partial charge in [-0.15, -0.1) is 0 Å². The molecule has 2 rings (SSSR count). The Morgan fingerprint density at radius 2 is 0.977 bits per heavy atom. The molecule has 0 aromatic rings. The van der Waals surface area contributed by atoms with E-state index in [0.29, 0.717) is 12.0 Å². The van der Waals surface area contributed by atoms with Gasteiger partial charge in [-0.3, -0.25) is 14.4 Å². The minimum Gasteiger partial charge on any atom is -0.295 e. The van der Waals surface area contributed by atoms with Gasteiger partial charge in [-0.1, -0.05) is 135 Å². The molecular formula is C40H50O3. The number of ketones is 3. The fourth-order valence-electron chi connectivity index (χ4n) is 5.29. The predicted molar refractivity (Wildman–Crippen MR) is 183 cm³/mol. The van der Waals surface area contributed by atoms with Crippen LogP contribution in [-0.2, 0) is 14.4 Å². The van der Waals surface area contributed by atoms with Crippen LogP contribution in [0.2, 0.25) is 0 Å². The first-order valence-corrected chi connectivity index (χ1v) is 15.2. The molecule has 0 amide bonds. The van der Waals surface area contributed by atoms with Gasteiger partial charge in [-0.05, 0) is 75.5 Å². The van der Waals surface area contributed by atoms with E-state index in [1.54, 1.807) is 6.92 Å². The number of allylic oxidation sites excluding steroid dienone is 22. The van der Waals surface area contributed by atoms with Crippen molar-refractivity contribution in [1.82, 2.24) is 0 Å². The van der Waals surface area contributed by atoms with Crippen molar-refractivity contribution < 1.29 is 14.4 Å². The highest BCUT2D eigenvalue weighted by Gasteiger charge is 2.36. The summed E-state index contributed by atoms with van der Waals surface area (Å²) in [6, 6.07) is 0. The molecule has 3 heteroatoms. The van der Waals surface area contributed by atoms with Crippen molar-refractivity contribution in [3.63, 3.8) is 0 Å². The number of Topliss-reactive ketones (excluding diaryl/α,β-unsaturated/α-hetero) is 3. The van der Waals surface area contributed by atoms with Gasteiger partial charge in [0.2, 0.25) is 11.6 Å². The molecule has 0 aromatic heterocycles. The minimum absolute atomic E-state index is 0.0309. The topological polar surface area (TPSA) is 51.2 Å². The van der Waals surface area contributed by atoms with Gasteiger partial charge in [0.15, 0.2) is 5.78 Å². The van der Waals surface area contributed by atoms with E-state index in [1.807, 2.05) is 64.2 Å². The Bertz CT molecular complexity index is 1460. The van der Waals surface area contributed by atoms with Crippen LogP contribution in [0.3, 0.4) is 0 Å². The number of rotatable bonds is 10. The minimum atomic E-state index is -0.363. The molecule has 0 saturated heterocycles. The number of carbonyl (C=O) groups excluding carboxylic acids is 3. The molecule has 0 aliphatic heterocycles. The summed E-state index contributed by atoms with van der Waals surface area (Å²) in [7, 11) is 0. The van der Waals surface area contributed by atoms with Crippen LogP contribution in [0.1, 0.15) is 88.5 Å². The van der Waals surface area contributed by atoms with E-state index in [-0.39, 0.29) is 34.6 Å². The third-order valence-corrected chi connectivity index (χ3v) is 8.15. The summed E-state index contributed by atoms with van der Waals surface area (Å²) in [5, 5.41) is 0. The summed E-state index contributed by atoms with van der Waals surface area (Å²) in [6.45, 7) is 20.3. The maximum atomic E-state index is 12.2. The van der Waals surface area contributed by atoms with E-state index >= 15 is 0 Å². The second-order valence-corrected chi connectivity index (χ2v) is 13.1.